The van der Waals surface area contributed by atoms with Crippen molar-refractivity contribution >= 4 is 19.7 Å². The summed E-state index contributed by atoms with van der Waals surface area (Å²) in [6.07, 6.45) is 3.37. The van der Waals surface area contributed by atoms with E-state index in [1.165, 1.54) is 0 Å². The smallest absolute Gasteiger partial charge is 0.316 e. The molecule has 0 atom stereocenters. The van der Waals surface area contributed by atoms with Crippen molar-refractivity contribution in [3.05, 3.63) is 84.2 Å². The van der Waals surface area contributed by atoms with Crippen LogP contribution in [0, 0.1) is 0 Å². The fraction of sp³-hybridized carbons (Fsp3) is 0.320. The summed E-state index contributed by atoms with van der Waals surface area (Å²) in [7, 11) is -1.77. The lowest BCUT2D eigenvalue weighted by Gasteiger charge is -2.36. The van der Waals surface area contributed by atoms with Gasteiger partial charge in [-0.2, -0.15) is 0 Å². The van der Waals surface area contributed by atoms with Crippen LogP contribution >= 0.6 is 0 Å². The second-order valence-corrected chi connectivity index (χ2v) is 13.7. The predicted molar refractivity (Wildman–Crippen MR) is 129 cm³/mol. The van der Waals surface area contributed by atoms with E-state index in [1.807, 2.05) is 60.7 Å². The van der Waals surface area contributed by atoms with E-state index in [2.05, 4.69) is 43.8 Å². The summed E-state index contributed by atoms with van der Waals surface area (Å²) in [5, 5.41) is 0.179. The zero-order valence-electron chi connectivity index (χ0n) is 19.0. The Hall–Kier alpha value is -2.83. The second-order valence-electron chi connectivity index (χ2n) is 8.87. The first kappa shape index (κ1) is 22.8. The molecule has 3 rings (SSSR count). The summed E-state index contributed by atoms with van der Waals surface area (Å²) in [6.45, 7) is 12.1. The highest BCUT2D eigenvalue weighted by Crippen LogP contribution is 2.36. The molecule has 0 bridgehead atoms. The molecular formula is C25H31N3O2Si. The lowest BCUT2D eigenvalue weighted by Crippen LogP contribution is -2.41. The third kappa shape index (κ3) is 6.32. The summed E-state index contributed by atoms with van der Waals surface area (Å²) < 4.78 is 11.8. The van der Waals surface area contributed by atoms with Crippen molar-refractivity contribution in [3.8, 4) is 6.01 Å². The molecule has 0 amide bonds. The lowest BCUT2D eigenvalue weighted by molar-refractivity contribution is 0.194. The Morgan fingerprint density at radius 2 is 1.35 bits per heavy atom. The van der Waals surface area contributed by atoms with Gasteiger partial charge in [0.15, 0.2) is 8.32 Å². The molecule has 3 aromatic rings. The largest absolute Gasteiger partial charge is 0.461 e. The van der Waals surface area contributed by atoms with Crippen LogP contribution in [0.3, 0.4) is 0 Å². The molecule has 2 aromatic carbocycles. The first-order valence-corrected chi connectivity index (χ1v) is 13.5. The lowest BCUT2D eigenvalue weighted by atomic mass is 10.0. The molecule has 0 fully saturated rings. The Morgan fingerprint density at radius 1 is 0.839 bits per heavy atom. The normalized spacial score (nSPS) is 11.8. The monoisotopic (exact) mass is 433 g/mol. The third-order valence-corrected chi connectivity index (χ3v) is 10.1. The molecular weight excluding hydrogens is 402 g/mol. The molecule has 0 saturated heterocycles. The van der Waals surface area contributed by atoms with Crippen LogP contribution in [0.5, 0.6) is 6.01 Å². The van der Waals surface area contributed by atoms with Crippen LogP contribution in [0.1, 0.15) is 31.9 Å². The van der Waals surface area contributed by atoms with Crippen LogP contribution in [-0.4, -0.2) is 37.2 Å². The van der Waals surface area contributed by atoms with E-state index >= 15 is 0 Å². The molecule has 0 aliphatic rings. The van der Waals surface area contributed by atoms with E-state index in [0.29, 0.717) is 24.9 Å². The molecule has 0 unspecified atom stereocenters. The van der Waals surface area contributed by atoms with Gasteiger partial charge < -0.3 is 9.16 Å². The van der Waals surface area contributed by atoms with Gasteiger partial charge in [0.05, 0.1) is 24.7 Å². The average molecular weight is 434 g/mol. The maximum atomic E-state index is 6.13. The van der Waals surface area contributed by atoms with Crippen molar-refractivity contribution in [3.63, 3.8) is 0 Å². The minimum absolute atomic E-state index is 0.179. The molecule has 0 saturated carbocycles. The van der Waals surface area contributed by atoms with Crippen molar-refractivity contribution in [1.82, 2.24) is 9.97 Å². The number of aliphatic imine (C=N–C) groups is 1. The maximum Gasteiger partial charge on any atom is 0.316 e. The summed E-state index contributed by atoms with van der Waals surface area (Å²) in [5.41, 5.74) is 3.63. The number of ether oxygens (including phenoxy) is 1. The molecule has 1 aromatic heterocycles. The summed E-state index contributed by atoms with van der Waals surface area (Å²) >= 11 is 0. The maximum absolute atomic E-state index is 6.13. The molecule has 6 heteroatoms. The zero-order chi connectivity index (χ0) is 22.3. The third-order valence-electron chi connectivity index (χ3n) is 5.53. The Bertz CT molecular complexity index is 941. The van der Waals surface area contributed by atoms with Crippen molar-refractivity contribution < 1.29 is 9.16 Å². The highest BCUT2D eigenvalue weighted by atomic mass is 28.4. The topological polar surface area (TPSA) is 56.6 Å². The van der Waals surface area contributed by atoms with Gasteiger partial charge in [-0.15, -0.1) is 0 Å². The van der Waals surface area contributed by atoms with Crippen LogP contribution in [-0.2, 0) is 4.43 Å². The van der Waals surface area contributed by atoms with E-state index in [1.54, 1.807) is 12.4 Å². The average Bonchev–Trinajstić information content (AvgIpc) is 2.76. The fourth-order valence-corrected chi connectivity index (χ4v) is 3.73. The van der Waals surface area contributed by atoms with Crippen molar-refractivity contribution in [2.24, 2.45) is 4.99 Å². The summed E-state index contributed by atoms with van der Waals surface area (Å²) in [5.74, 6) is 0. The predicted octanol–water partition coefficient (Wildman–Crippen LogP) is 6.05. The van der Waals surface area contributed by atoms with E-state index in [9.17, 15) is 0 Å². The summed E-state index contributed by atoms with van der Waals surface area (Å²) in [4.78, 5) is 13.4. The van der Waals surface area contributed by atoms with E-state index in [4.69, 9.17) is 14.2 Å². The first-order valence-electron chi connectivity index (χ1n) is 10.5. The Labute approximate surface area is 186 Å². The molecule has 0 aliphatic heterocycles. The van der Waals surface area contributed by atoms with Crippen LogP contribution in [0.15, 0.2) is 78.0 Å². The zero-order valence-corrected chi connectivity index (χ0v) is 20.0. The molecule has 31 heavy (non-hydrogen) atoms. The van der Waals surface area contributed by atoms with Gasteiger partial charge in [0, 0.05) is 11.1 Å². The number of rotatable bonds is 8. The molecule has 0 radical (unpaired) electrons. The van der Waals surface area contributed by atoms with Crippen molar-refractivity contribution in [2.75, 3.05) is 13.2 Å². The highest BCUT2D eigenvalue weighted by Gasteiger charge is 2.36. The molecule has 162 valence electrons. The molecule has 5 nitrogen and oxygen atoms in total. The van der Waals surface area contributed by atoms with Gasteiger partial charge in [-0.05, 0) is 18.1 Å². The van der Waals surface area contributed by atoms with E-state index in [0.717, 1.165) is 16.8 Å². The number of benzene rings is 2. The molecule has 0 N–H and O–H groups in total. The van der Waals surface area contributed by atoms with Crippen LogP contribution in [0.2, 0.25) is 18.1 Å². The second kappa shape index (κ2) is 9.98. The van der Waals surface area contributed by atoms with Gasteiger partial charge in [0.2, 0.25) is 0 Å². The highest BCUT2D eigenvalue weighted by molar-refractivity contribution is 6.74. The SMILES string of the molecule is CC(C)(C)[Si](C)(C)OCCOc1ncc(N=C(c2ccccc2)c2ccccc2)cn1. The van der Waals surface area contributed by atoms with Gasteiger partial charge in [-0.25, -0.2) is 15.0 Å². The van der Waals surface area contributed by atoms with Crippen LogP contribution in [0.25, 0.3) is 0 Å². The standard InChI is InChI=1S/C25H31N3O2Si/c1-25(2,3)31(4,5)30-17-16-29-24-26-18-22(19-27-24)28-23(20-12-8-6-9-13-20)21-14-10-7-11-15-21/h6-15,18-19H,16-17H2,1-5H3. The van der Waals surface area contributed by atoms with Crippen LogP contribution in [0.4, 0.5) is 5.69 Å². The number of nitrogens with zero attached hydrogens (tertiary/aromatic N) is 3. The molecule has 1 heterocycles. The van der Waals surface area contributed by atoms with Gasteiger partial charge in [0.25, 0.3) is 0 Å². The van der Waals surface area contributed by atoms with E-state index in [-0.39, 0.29) is 5.04 Å². The molecule has 0 aliphatic carbocycles. The summed E-state index contributed by atoms with van der Waals surface area (Å²) in [6, 6.07) is 20.5. The molecule has 0 spiro atoms. The Kier molecular flexibility index (Phi) is 7.36. The number of hydrogen-bond acceptors (Lipinski definition) is 5. The van der Waals surface area contributed by atoms with E-state index < -0.39 is 8.32 Å². The van der Waals surface area contributed by atoms with Crippen LogP contribution < -0.4 is 4.74 Å². The Morgan fingerprint density at radius 3 is 1.84 bits per heavy atom. The van der Waals surface area contributed by atoms with Crippen molar-refractivity contribution in [2.45, 2.75) is 38.9 Å². The van der Waals surface area contributed by atoms with Gasteiger partial charge in [-0.3, -0.25) is 0 Å². The number of hydrogen-bond donors (Lipinski definition) is 0. The number of aromatic nitrogens is 2. The minimum atomic E-state index is -1.77. The quantitative estimate of drug-likeness (QED) is 0.247. The van der Waals surface area contributed by atoms with Gasteiger partial charge >= 0.3 is 6.01 Å². The van der Waals surface area contributed by atoms with Gasteiger partial charge in [-0.1, -0.05) is 81.4 Å². The van der Waals surface area contributed by atoms with Gasteiger partial charge in [0.1, 0.15) is 12.3 Å². The Balaban J connectivity index is 1.68. The first-order chi connectivity index (χ1) is 14.8. The minimum Gasteiger partial charge on any atom is -0.461 e. The fourth-order valence-electron chi connectivity index (χ4n) is 2.70. The van der Waals surface area contributed by atoms with Crippen molar-refractivity contribution in [1.29, 1.82) is 0 Å².